The number of carbonyl (C=O) groups excluding carboxylic acids is 1. The van der Waals surface area contributed by atoms with E-state index >= 15 is 0 Å². The van der Waals surface area contributed by atoms with Gasteiger partial charge in [-0.05, 0) is 48.2 Å². The molecule has 1 aliphatic rings. The van der Waals surface area contributed by atoms with E-state index in [0.717, 1.165) is 18.7 Å². The Morgan fingerprint density at radius 1 is 1.11 bits per heavy atom. The van der Waals surface area contributed by atoms with Gasteiger partial charge >= 0.3 is 0 Å². The summed E-state index contributed by atoms with van der Waals surface area (Å²) in [6, 6.07) is 18.6. The molecule has 27 heavy (non-hydrogen) atoms. The predicted molar refractivity (Wildman–Crippen MR) is 104 cm³/mol. The van der Waals surface area contributed by atoms with Gasteiger partial charge in [-0.3, -0.25) is 9.78 Å². The fourth-order valence-electron chi connectivity index (χ4n) is 3.42. The van der Waals surface area contributed by atoms with E-state index in [0.29, 0.717) is 24.2 Å². The number of aromatic nitrogens is 1. The average Bonchev–Trinajstić information content (AvgIpc) is 3.14. The Morgan fingerprint density at radius 3 is 2.81 bits per heavy atom. The van der Waals surface area contributed by atoms with Gasteiger partial charge in [-0.2, -0.15) is 0 Å². The van der Waals surface area contributed by atoms with Crippen LogP contribution in [0, 0.1) is 5.82 Å². The van der Waals surface area contributed by atoms with E-state index in [1.807, 2.05) is 18.2 Å². The molecule has 1 N–H and O–H groups in total. The maximum Gasteiger partial charge on any atom is 0.269 e. The lowest BCUT2D eigenvalue weighted by atomic mass is 10.1. The van der Waals surface area contributed by atoms with Gasteiger partial charge in [0.1, 0.15) is 11.5 Å². The van der Waals surface area contributed by atoms with Gasteiger partial charge in [-0.1, -0.05) is 36.4 Å². The molecule has 136 valence electrons. The zero-order chi connectivity index (χ0) is 18.6. The lowest BCUT2D eigenvalue weighted by Crippen LogP contribution is -2.27. The summed E-state index contributed by atoms with van der Waals surface area (Å²) in [5.74, 6) is -0.500. The van der Waals surface area contributed by atoms with E-state index in [2.05, 4.69) is 27.3 Å². The number of hydrogen-bond donors (Lipinski definition) is 1. The van der Waals surface area contributed by atoms with Crippen molar-refractivity contribution in [2.45, 2.75) is 12.8 Å². The quantitative estimate of drug-likeness (QED) is 0.750. The van der Waals surface area contributed by atoms with Crippen molar-refractivity contribution in [1.29, 1.82) is 0 Å². The second-order valence-corrected chi connectivity index (χ2v) is 6.53. The first-order valence-corrected chi connectivity index (χ1v) is 9.05. The average molecular weight is 361 g/mol. The molecule has 0 fully saturated rings. The number of fused-ring (bicyclic) bond motifs is 1. The minimum absolute atomic E-state index is 0.249. The molecule has 0 unspecified atom stereocenters. The van der Waals surface area contributed by atoms with Crippen molar-refractivity contribution in [3.63, 3.8) is 0 Å². The Labute approximate surface area is 157 Å². The van der Waals surface area contributed by atoms with Crippen LogP contribution in [0.3, 0.4) is 0 Å². The van der Waals surface area contributed by atoms with Gasteiger partial charge in [0.05, 0.1) is 0 Å². The number of amides is 1. The van der Waals surface area contributed by atoms with Crippen LogP contribution in [-0.4, -0.2) is 24.0 Å². The van der Waals surface area contributed by atoms with Crippen LogP contribution < -0.4 is 10.2 Å². The van der Waals surface area contributed by atoms with Crippen LogP contribution in [0.15, 0.2) is 66.9 Å². The first kappa shape index (κ1) is 17.2. The third kappa shape index (κ3) is 3.67. The van der Waals surface area contributed by atoms with Gasteiger partial charge in [0.25, 0.3) is 5.91 Å². The second-order valence-electron chi connectivity index (χ2n) is 6.53. The minimum atomic E-state index is -0.250. The molecule has 0 aliphatic carbocycles. The second kappa shape index (κ2) is 7.58. The number of anilines is 2. The molecule has 2 heterocycles. The SMILES string of the molecule is O=C(NCCc1ccccc1F)c1cc(N2CCc3ccccc32)ccn1. The third-order valence-corrected chi connectivity index (χ3v) is 4.81. The number of carbonyl (C=O) groups is 1. The number of benzene rings is 2. The Morgan fingerprint density at radius 2 is 1.93 bits per heavy atom. The summed E-state index contributed by atoms with van der Waals surface area (Å²) < 4.78 is 13.7. The molecule has 0 spiro atoms. The lowest BCUT2D eigenvalue weighted by molar-refractivity contribution is 0.0949. The molecular weight excluding hydrogens is 341 g/mol. The van der Waals surface area contributed by atoms with Crippen molar-refractivity contribution in [2.24, 2.45) is 0 Å². The van der Waals surface area contributed by atoms with Crippen LogP contribution in [0.25, 0.3) is 0 Å². The van der Waals surface area contributed by atoms with E-state index in [1.54, 1.807) is 30.5 Å². The number of rotatable bonds is 5. The van der Waals surface area contributed by atoms with Crippen LogP contribution in [-0.2, 0) is 12.8 Å². The summed E-state index contributed by atoms with van der Waals surface area (Å²) in [4.78, 5) is 18.8. The summed E-state index contributed by atoms with van der Waals surface area (Å²) in [7, 11) is 0. The molecule has 1 aromatic heterocycles. The fourth-order valence-corrected chi connectivity index (χ4v) is 3.42. The molecule has 0 saturated heterocycles. The van der Waals surface area contributed by atoms with E-state index in [4.69, 9.17) is 0 Å². The van der Waals surface area contributed by atoms with Gasteiger partial charge in [0.2, 0.25) is 0 Å². The molecular formula is C22H20FN3O. The molecule has 2 aromatic carbocycles. The first-order valence-electron chi connectivity index (χ1n) is 9.05. The topological polar surface area (TPSA) is 45.2 Å². The normalized spacial score (nSPS) is 12.7. The van der Waals surface area contributed by atoms with E-state index in [1.165, 1.54) is 17.3 Å². The number of halogens is 1. The van der Waals surface area contributed by atoms with Crippen LogP contribution in [0.1, 0.15) is 21.6 Å². The van der Waals surface area contributed by atoms with Crippen molar-refractivity contribution < 1.29 is 9.18 Å². The summed E-state index contributed by atoms with van der Waals surface area (Å²) in [5, 5.41) is 2.82. The van der Waals surface area contributed by atoms with Gasteiger partial charge in [0, 0.05) is 30.7 Å². The van der Waals surface area contributed by atoms with Crippen molar-refractivity contribution in [2.75, 3.05) is 18.0 Å². The molecule has 4 nitrogen and oxygen atoms in total. The zero-order valence-electron chi connectivity index (χ0n) is 14.9. The van der Waals surface area contributed by atoms with Crippen LogP contribution in [0.4, 0.5) is 15.8 Å². The summed E-state index contributed by atoms with van der Waals surface area (Å²) in [5.41, 5.74) is 4.40. The van der Waals surface area contributed by atoms with Crippen LogP contribution >= 0.6 is 0 Å². The summed E-state index contributed by atoms with van der Waals surface area (Å²) in [6.07, 6.45) is 3.09. The molecule has 1 amide bonds. The van der Waals surface area contributed by atoms with Gasteiger partial charge in [0.15, 0.2) is 0 Å². The molecule has 1 aliphatic heterocycles. The maximum atomic E-state index is 13.7. The number of nitrogens with one attached hydrogen (secondary N) is 1. The van der Waals surface area contributed by atoms with Crippen molar-refractivity contribution >= 4 is 17.3 Å². The smallest absolute Gasteiger partial charge is 0.269 e. The maximum absolute atomic E-state index is 13.7. The number of para-hydroxylation sites is 1. The Hall–Kier alpha value is -3.21. The highest BCUT2D eigenvalue weighted by Crippen LogP contribution is 2.34. The highest BCUT2D eigenvalue weighted by molar-refractivity contribution is 5.93. The first-order chi connectivity index (χ1) is 13.2. The Balaban J connectivity index is 1.43. The van der Waals surface area contributed by atoms with Crippen molar-refractivity contribution in [1.82, 2.24) is 10.3 Å². The minimum Gasteiger partial charge on any atom is -0.350 e. The highest BCUT2D eigenvalue weighted by atomic mass is 19.1. The van der Waals surface area contributed by atoms with E-state index < -0.39 is 0 Å². The highest BCUT2D eigenvalue weighted by Gasteiger charge is 2.20. The van der Waals surface area contributed by atoms with Crippen LogP contribution in [0.2, 0.25) is 0 Å². The zero-order valence-corrected chi connectivity index (χ0v) is 14.9. The lowest BCUT2D eigenvalue weighted by Gasteiger charge is -2.19. The summed E-state index contributed by atoms with van der Waals surface area (Å²) >= 11 is 0. The molecule has 3 aromatic rings. The van der Waals surface area contributed by atoms with Crippen molar-refractivity contribution in [3.05, 3.63) is 89.5 Å². The van der Waals surface area contributed by atoms with Gasteiger partial charge in [-0.15, -0.1) is 0 Å². The predicted octanol–water partition coefficient (Wildman–Crippen LogP) is 3.89. The summed E-state index contributed by atoms with van der Waals surface area (Å²) in [6.45, 7) is 1.25. The number of nitrogens with zero attached hydrogens (tertiary/aromatic N) is 2. The molecule has 4 rings (SSSR count). The monoisotopic (exact) mass is 361 g/mol. The largest absolute Gasteiger partial charge is 0.350 e. The molecule has 0 saturated carbocycles. The van der Waals surface area contributed by atoms with Crippen molar-refractivity contribution in [3.8, 4) is 0 Å². The van der Waals surface area contributed by atoms with E-state index in [9.17, 15) is 9.18 Å². The molecule has 0 atom stereocenters. The number of hydrogen-bond acceptors (Lipinski definition) is 3. The Bertz CT molecular complexity index is 973. The standard InChI is InChI=1S/C22H20FN3O/c23-19-7-3-1-5-16(19)9-12-25-22(27)20-15-18(10-13-24-20)26-14-11-17-6-2-4-8-21(17)26/h1-8,10,13,15H,9,11-12,14H2,(H,25,27). The van der Waals surface area contributed by atoms with Gasteiger partial charge in [-0.25, -0.2) is 4.39 Å². The number of pyridine rings is 1. The Kier molecular flexibility index (Phi) is 4.83. The molecule has 0 bridgehead atoms. The van der Waals surface area contributed by atoms with Crippen LogP contribution in [0.5, 0.6) is 0 Å². The fraction of sp³-hybridized carbons (Fsp3) is 0.182. The molecule has 0 radical (unpaired) electrons. The van der Waals surface area contributed by atoms with E-state index in [-0.39, 0.29) is 11.7 Å². The van der Waals surface area contributed by atoms with Gasteiger partial charge < -0.3 is 10.2 Å². The third-order valence-electron chi connectivity index (χ3n) is 4.81. The molecule has 5 heteroatoms.